The Morgan fingerprint density at radius 1 is 1.77 bits per heavy atom. The minimum Gasteiger partial charge on any atom is -0.377 e. The molecule has 72 valence electrons. The van der Waals surface area contributed by atoms with Gasteiger partial charge in [0.2, 0.25) is 0 Å². The van der Waals surface area contributed by atoms with E-state index >= 15 is 0 Å². The van der Waals surface area contributed by atoms with Crippen molar-refractivity contribution in [1.82, 2.24) is 0 Å². The Morgan fingerprint density at radius 3 is 3.00 bits per heavy atom. The highest BCUT2D eigenvalue weighted by molar-refractivity contribution is 5.85. The molecule has 0 saturated carbocycles. The van der Waals surface area contributed by atoms with E-state index in [-0.39, 0.29) is 17.8 Å². The van der Waals surface area contributed by atoms with Gasteiger partial charge in [-0.25, -0.2) is 0 Å². The van der Waals surface area contributed by atoms with Crippen LogP contribution in [0.3, 0.4) is 0 Å². The summed E-state index contributed by atoms with van der Waals surface area (Å²) in [4.78, 5) is 11.6. The number of ether oxygens (including phenoxy) is 1. The maximum Gasteiger partial charge on any atom is 0.155 e. The summed E-state index contributed by atoms with van der Waals surface area (Å²) in [7, 11) is 0. The Morgan fingerprint density at radius 2 is 2.46 bits per heavy atom. The van der Waals surface area contributed by atoms with Gasteiger partial charge in [-0.1, -0.05) is 6.92 Å². The maximum absolute atomic E-state index is 11.6. The van der Waals surface area contributed by atoms with Crippen LogP contribution in [-0.2, 0) is 9.53 Å². The van der Waals surface area contributed by atoms with E-state index in [1.165, 1.54) is 0 Å². The third-order valence-electron chi connectivity index (χ3n) is 2.60. The SMILES string of the molecule is CCC1OCCC1C(=O)C(C)C#N. The second-order valence-corrected chi connectivity index (χ2v) is 3.47. The zero-order valence-electron chi connectivity index (χ0n) is 8.12. The van der Waals surface area contributed by atoms with Crippen molar-refractivity contribution >= 4 is 5.78 Å². The van der Waals surface area contributed by atoms with Gasteiger partial charge in [-0.15, -0.1) is 0 Å². The van der Waals surface area contributed by atoms with Gasteiger partial charge in [0.1, 0.15) is 5.92 Å². The van der Waals surface area contributed by atoms with E-state index in [1.807, 2.05) is 13.0 Å². The van der Waals surface area contributed by atoms with Crippen molar-refractivity contribution in [1.29, 1.82) is 5.26 Å². The average Bonchev–Trinajstić information content (AvgIpc) is 2.62. The van der Waals surface area contributed by atoms with E-state index in [2.05, 4.69) is 0 Å². The van der Waals surface area contributed by atoms with Gasteiger partial charge in [0.15, 0.2) is 5.78 Å². The van der Waals surface area contributed by atoms with Crippen LogP contribution in [0.5, 0.6) is 0 Å². The highest BCUT2D eigenvalue weighted by Crippen LogP contribution is 2.26. The second kappa shape index (κ2) is 4.38. The molecule has 3 unspecified atom stereocenters. The highest BCUT2D eigenvalue weighted by atomic mass is 16.5. The number of ketones is 1. The van der Waals surface area contributed by atoms with E-state index in [1.54, 1.807) is 6.92 Å². The maximum atomic E-state index is 11.6. The molecule has 0 aromatic heterocycles. The lowest BCUT2D eigenvalue weighted by molar-refractivity contribution is -0.126. The van der Waals surface area contributed by atoms with Crippen LogP contribution in [-0.4, -0.2) is 18.5 Å². The van der Waals surface area contributed by atoms with Gasteiger partial charge in [0.25, 0.3) is 0 Å². The lowest BCUT2D eigenvalue weighted by Gasteiger charge is -2.16. The van der Waals surface area contributed by atoms with Gasteiger partial charge in [0, 0.05) is 12.5 Å². The molecule has 1 saturated heterocycles. The molecule has 0 aromatic carbocycles. The quantitative estimate of drug-likeness (QED) is 0.663. The highest BCUT2D eigenvalue weighted by Gasteiger charge is 2.34. The van der Waals surface area contributed by atoms with Gasteiger partial charge in [-0.05, 0) is 19.8 Å². The predicted molar refractivity (Wildman–Crippen MR) is 47.9 cm³/mol. The van der Waals surface area contributed by atoms with E-state index in [0.717, 1.165) is 12.8 Å². The first-order chi connectivity index (χ1) is 6.20. The number of Topliss-reactive ketones (excluding diaryl/α,β-unsaturated/α-hetero) is 1. The van der Waals surface area contributed by atoms with Crippen molar-refractivity contribution < 1.29 is 9.53 Å². The largest absolute Gasteiger partial charge is 0.377 e. The molecule has 0 bridgehead atoms. The molecule has 3 heteroatoms. The zero-order chi connectivity index (χ0) is 9.84. The topological polar surface area (TPSA) is 50.1 Å². The first kappa shape index (κ1) is 10.2. The lowest BCUT2D eigenvalue weighted by atomic mass is 9.88. The molecule has 13 heavy (non-hydrogen) atoms. The normalized spacial score (nSPS) is 29.6. The molecule has 0 aliphatic carbocycles. The molecular weight excluding hydrogens is 166 g/mol. The number of carbonyl (C=O) groups excluding carboxylic acids is 1. The van der Waals surface area contributed by atoms with E-state index in [9.17, 15) is 4.79 Å². The summed E-state index contributed by atoms with van der Waals surface area (Å²) in [5.74, 6) is -0.479. The van der Waals surface area contributed by atoms with Gasteiger partial charge >= 0.3 is 0 Å². The van der Waals surface area contributed by atoms with Gasteiger partial charge < -0.3 is 4.74 Å². The van der Waals surface area contributed by atoms with Crippen LogP contribution < -0.4 is 0 Å². The summed E-state index contributed by atoms with van der Waals surface area (Å²) in [5, 5.41) is 8.61. The molecule has 1 aliphatic heterocycles. The minimum absolute atomic E-state index is 0.0420. The third kappa shape index (κ3) is 2.07. The number of carbonyl (C=O) groups is 1. The van der Waals surface area contributed by atoms with Crippen molar-refractivity contribution in [3.63, 3.8) is 0 Å². The Bertz CT molecular complexity index is 232. The summed E-state index contributed by atoms with van der Waals surface area (Å²) in [6, 6.07) is 1.98. The molecule has 3 nitrogen and oxygen atoms in total. The predicted octanol–water partition coefficient (Wildman–Crippen LogP) is 1.53. The Labute approximate surface area is 78.7 Å². The molecule has 1 fully saturated rings. The van der Waals surface area contributed by atoms with Gasteiger partial charge in [-0.3, -0.25) is 4.79 Å². The Balaban J connectivity index is 2.61. The molecule has 0 amide bonds. The second-order valence-electron chi connectivity index (χ2n) is 3.47. The summed E-state index contributed by atoms with van der Waals surface area (Å²) >= 11 is 0. The first-order valence-corrected chi connectivity index (χ1v) is 4.75. The molecule has 3 atom stereocenters. The van der Waals surface area contributed by atoms with E-state index in [0.29, 0.717) is 6.61 Å². The molecule has 0 aromatic rings. The van der Waals surface area contributed by atoms with Crippen LogP contribution in [0.15, 0.2) is 0 Å². The van der Waals surface area contributed by atoms with Crippen molar-refractivity contribution in [3.05, 3.63) is 0 Å². The van der Waals surface area contributed by atoms with Crippen LogP contribution in [0.2, 0.25) is 0 Å². The number of hydrogen-bond donors (Lipinski definition) is 0. The van der Waals surface area contributed by atoms with Crippen LogP contribution in [0.4, 0.5) is 0 Å². The molecule has 1 aliphatic rings. The molecule has 0 N–H and O–H groups in total. The van der Waals surface area contributed by atoms with Crippen molar-refractivity contribution in [2.75, 3.05) is 6.61 Å². The van der Waals surface area contributed by atoms with Crippen LogP contribution >= 0.6 is 0 Å². The summed E-state index contributed by atoms with van der Waals surface area (Å²) in [6.45, 7) is 4.33. The smallest absolute Gasteiger partial charge is 0.155 e. The fourth-order valence-electron chi connectivity index (χ4n) is 1.76. The molecule has 0 radical (unpaired) electrons. The van der Waals surface area contributed by atoms with Crippen LogP contribution in [0.1, 0.15) is 26.7 Å². The number of nitriles is 1. The summed E-state index contributed by atoms with van der Waals surface area (Å²) in [5.41, 5.74) is 0. The Kier molecular flexibility index (Phi) is 3.44. The molecular formula is C10H15NO2. The standard InChI is InChI=1S/C10H15NO2/c1-3-9-8(4-5-13-9)10(12)7(2)6-11/h7-9H,3-5H2,1-2H3. The van der Waals surface area contributed by atoms with Crippen molar-refractivity contribution in [3.8, 4) is 6.07 Å². The van der Waals surface area contributed by atoms with E-state index < -0.39 is 5.92 Å². The van der Waals surface area contributed by atoms with Gasteiger partial charge in [0.05, 0.1) is 12.2 Å². The third-order valence-corrected chi connectivity index (χ3v) is 2.60. The molecule has 1 rings (SSSR count). The summed E-state index contributed by atoms with van der Waals surface area (Å²) < 4.78 is 5.40. The number of hydrogen-bond acceptors (Lipinski definition) is 3. The van der Waals surface area contributed by atoms with Crippen molar-refractivity contribution in [2.24, 2.45) is 11.8 Å². The van der Waals surface area contributed by atoms with Crippen LogP contribution in [0.25, 0.3) is 0 Å². The van der Waals surface area contributed by atoms with Crippen molar-refractivity contribution in [2.45, 2.75) is 32.8 Å². The summed E-state index contributed by atoms with van der Waals surface area (Å²) in [6.07, 6.45) is 1.68. The number of rotatable bonds is 3. The zero-order valence-corrected chi connectivity index (χ0v) is 8.12. The van der Waals surface area contributed by atoms with E-state index in [4.69, 9.17) is 10.00 Å². The molecule has 0 spiro atoms. The van der Waals surface area contributed by atoms with Crippen LogP contribution in [0, 0.1) is 23.2 Å². The fourth-order valence-corrected chi connectivity index (χ4v) is 1.76. The average molecular weight is 181 g/mol. The Hall–Kier alpha value is -0.880. The first-order valence-electron chi connectivity index (χ1n) is 4.75. The number of nitrogens with zero attached hydrogens (tertiary/aromatic N) is 1. The minimum atomic E-state index is -0.485. The van der Waals surface area contributed by atoms with Gasteiger partial charge in [-0.2, -0.15) is 5.26 Å². The lowest BCUT2D eigenvalue weighted by Crippen LogP contribution is -2.27. The molecule has 1 heterocycles. The fraction of sp³-hybridized carbons (Fsp3) is 0.800. The monoisotopic (exact) mass is 181 g/mol.